The molecule has 12 heavy (non-hydrogen) atoms. The fraction of sp³-hybridized carbons (Fsp3) is 0.444. The van der Waals surface area contributed by atoms with Crippen LogP contribution in [0.1, 0.15) is 27.7 Å². The largest absolute Gasteiger partial charge is 0.295 e. The predicted octanol–water partition coefficient (Wildman–Crippen LogP) is 1.07. The summed E-state index contributed by atoms with van der Waals surface area (Å²) in [4.78, 5) is 32.6. The van der Waals surface area contributed by atoms with Gasteiger partial charge in [0.15, 0.2) is 17.3 Å². The van der Waals surface area contributed by atoms with Gasteiger partial charge in [0.05, 0.1) is 5.57 Å². The monoisotopic (exact) mass is 168 g/mol. The smallest absolute Gasteiger partial charge is 0.163 e. The first kappa shape index (κ1) is 10.8. The van der Waals surface area contributed by atoms with Crippen LogP contribution in [0.2, 0.25) is 0 Å². The SMILES string of the molecule is CC(=O)C(C)=C(C(C)=O)C(C)=O. The Balaban J connectivity index is 5.23. The lowest BCUT2D eigenvalue weighted by Crippen LogP contribution is -2.12. The van der Waals surface area contributed by atoms with E-state index in [1.165, 1.54) is 27.7 Å². The summed E-state index contributed by atoms with van der Waals surface area (Å²) >= 11 is 0. The van der Waals surface area contributed by atoms with E-state index in [0.717, 1.165) is 0 Å². The summed E-state index contributed by atoms with van der Waals surface area (Å²) in [6.45, 7) is 5.38. The molecule has 0 aromatic rings. The van der Waals surface area contributed by atoms with Crippen LogP contribution in [-0.4, -0.2) is 17.3 Å². The molecular weight excluding hydrogens is 156 g/mol. The molecule has 0 saturated heterocycles. The lowest BCUT2D eigenvalue weighted by molar-refractivity contribution is -0.120. The lowest BCUT2D eigenvalue weighted by Gasteiger charge is -2.01. The predicted molar refractivity (Wildman–Crippen MR) is 44.7 cm³/mol. The molecule has 0 fully saturated rings. The van der Waals surface area contributed by atoms with Crippen LogP contribution in [0, 0.1) is 0 Å². The number of hydrogen-bond donors (Lipinski definition) is 0. The average Bonchev–Trinajstić information content (AvgIpc) is 1.85. The van der Waals surface area contributed by atoms with Crippen molar-refractivity contribution in [2.45, 2.75) is 27.7 Å². The molecule has 0 aromatic heterocycles. The highest BCUT2D eigenvalue weighted by atomic mass is 16.2. The van der Waals surface area contributed by atoms with Crippen LogP contribution in [-0.2, 0) is 14.4 Å². The molecule has 0 heterocycles. The number of rotatable bonds is 3. The molecule has 0 aliphatic carbocycles. The first-order valence-electron chi connectivity index (χ1n) is 3.61. The molecule has 3 nitrogen and oxygen atoms in total. The summed E-state index contributed by atoms with van der Waals surface area (Å²) in [7, 11) is 0. The van der Waals surface area contributed by atoms with Gasteiger partial charge in [-0.2, -0.15) is 0 Å². The molecule has 3 heteroatoms. The van der Waals surface area contributed by atoms with Gasteiger partial charge in [-0.25, -0.2) is 0 Å². The van der Waals surface area contributed by atoms with Crippen molar-refractivity contribution in [3.63, 3.8) is 0 Å². The third kappa shape index (κ3) is 2.42. The van der Waals surface area contributed by atoms with Gasteiger partial charge in [0, 0.05) is 5.57 Å². The Bertz CT molecular complexity index is 255. The Hall–Kier alpha value is -1.25. The molecule has 66 valence electrons. The second-order valence-corrected chi connectivity index (χ2v) is 2.67. The second kappa shape index (κ2) is 3.95. The first-order valence-corrected chi connectivity index (χ1v) is 3.61. The van der Waals surface area contributed by atoms with E-state index in [4.69, 9.17) is 0 Å². The van der Waals surface area contributed by atoms with Crippen LogP contribution in [0.15, 0.2) is 11.1 Å². The van der Waals surface area contributed by atoms with Gasteiger partial charge >= 0.3 is 0 Å². The van der Waals surface area contributed by atoms with Crippen molar-refractivity contribution < 1.29 is 14.4 Å². The summed E-state index contributed by atoms with van der Waals surface area (Å²) in [5, 5.41) is 0. The van der Waals surface area contributed by atoms with Crippen LogP contribution in [0.3, 0.4) is 0 Å². The Morgan fingerprint density at radius 1 is 0.667 bits per heavy atom. The van der Waals surface area contributed by atoms with Crippen molar-refractivity contribution in [2.75, 3.05) is 0 Å². The molecule has 0 radical (unpaired) electrons. The Kier molecular flexibility index (Phi) is 3.54. The third-order valence-corrected chi connectivity index (χ3v) is 1.61. The molecule has 0 rings (SSSR count). The van der Waals surface area contributed by atoms with Gasteiger partial charge < -0.3 is 0 Å². The second-order valence-electron chi connectivity index (χ2n) is 2.67. The third-order valence-electron chi connectivity index (χ3n) is 1.61. The van der Waals surface area contributed by atoms with Gasteiger partial charge in [0.1, 0.15) is 0 Å². The molecule has 0 aromatic carbocycles. The summed E-state index contributed by atoms with van der Waals surface area (Å²) in [6, 6.07) is 0. The summed E-state index contributed by atoms with van der Waals surface area (Å²) in [5.41, 5.74) is 0.262. The summed E-state index contributed by atoms with van der Waals surface area (Å²) < 4.78 is 0. The quantitative estimate of drug-likeness (QED) is 0.360. The zero-order valence-corrected chi connectivity index (χ0v) is 7.72. The van der Waals surface area contributed by atoms with Gasteiger partial charge in [0.2, 0.25) is 0 Å². The molecule has 0 N–H and O–H groups in total. The van der Waals surface area contributed by atoms with Gasteiger partial charge in [-0.15, -0.1) is 0 Å². The first-order chi connectivity index (χ1) is 5.37. The number of Topliss-reactive ketones (excluding diaryl/α,β-unsaturated/α-hetero) is 3. The van der Waals surface area contributed by atoms with Gasteiger partial charge in [-0.05, 0) is 27.7 Å². The molecular formula is C9H12O3. The number of hydrogen-bond acceptors (Lipinski definition) is 3. The van der Waals surface area contributed by atoms with Crippen LogP contribution >= 0.6 is 0 Å². The van der Waals surface area contributed by atoms with Crippen molar-refractivity contribution in [1.29, 1.82) is 0 Å². The van der Waals surface area contributed by atoms with Crippen LogP contribution in [0.25, 0.3) is 0 Å². The maximum Gasteiger partial charge on any atom is 0.163 e. The van der Waals surface area contributed by atoms with E-state index in [9.17, 15) is 14.4 Å². The highest BCUT2D eigenvalue weighted by Crippen LogP contribution is 2.07. The number of carbonyl (C=O) groups excluding carboxylic acids is 3. The van der Waals surface area contributed by atoms with Crippen molar-refractivity contribution >= 4 is 17.3 Å². The van der Waals surface area contributed by atoms with E-state index in [-0.39, 0.29) is 28.5 Å². The Morgan fingerprint density at radius 3 is 1.08 bits per heavy atom. The highest BCUT2D eigenvalue weighted by Gasteiger charge is 2.15. The van der Waals surface area contributed by atoms with E-state index in [2.05, 4.69) is 0 Å². The lowest BCUT2D eigenvalue weighted by atomic mass is 10.0. The summed E-state index contributed by atoms with van der Waals surface area (Å²) in [5.74, 6) is -0.944. The average molecular weight is 168 g/mol. The van der Waals surface area contributed by atoms with Crippen LogP contribution in [0.4, 0.5) is 0 Å². The Labute approximate surface area is 71.5 Å². The van der Waals surface area contributed by atoms with Crippen molar-refractivity contribution in [2.24, 2.45) is 0 Å². The molecule has 0 atom stereocenters. The molecule has 0 saturated carbocycles. The van der Waals surface area contributed by atoms with Gasteiger partial charge in [0.25, 0.3) is 0 Å². The minimum absolute atomic E-state index is 0.0162. The topological polar surface area (TPSA) is 51.2 Å². The van der Waals surface area contributed by atoms with Crippen molar-refractivity contribution in [3.8, 4) is 0 Å². The maximum atomic E-state index is 10.9. The molecule has 0 aliphatic heterocycles. The summed E-state index contributed by atoms with van der Waals surface area (Å²) in [6.07, 6.45) is 0. The van der Waals surface area contributed by atoms with E-state index in [1.54, 1.807) is 0 Å². The molecule has 0 bridgehead atoms. The van der Waals surface area contributed by atoms with Crippen LogP contribution in [0.5, 0.6) is 0 Å². The van der Waals surface area contributed by atoms with Crippen LogP contribution < -0.4 is 0 Å². The van der Waals surface area contributed by atoms with E-state index < -0.39 is 0 Å². The zero-order valence-electron chi connectivity index (χ0n) is 7.72. The fourth-order valence-electron chi connectivity index (χ4n) is 0.952. The van der Waals surface area contributed by atoms with E-state index >= 15 is 0 Å². The number of carbonyl (C=O) groups is 3. The van der Waals surface area contributed by atoms with E-state index in [0.29, 0.717) is 0 Å². The highest BCUT2D eigenvalue weighted by molar-refractivity contribution is 6.22. The molecule has 0 aliphatic rings. The minimum Gasteiger partial charge on any atom is -0.295 e. The van der Waals surface area contributed by atoms with Gasteiger partial charge in [-0.3, -0.25) is 14.4 Å². The van der Waals surface area contributed by atoms with Crippen molar-refractivity contribution in [1.82, 2.24) is 0 Å². The molecule has 0 unspecified atom stereocenters. The van der Waals surface area contributed by atoms with Gasteiger partial charge in [-0.1, -0.05) is 0 Å². The minimum atomic E-state index is -0.352. The fourth-order valence-corrected chi connectivity index (χ4v) is 0.952. The number of ketones is 3. The molecule has 0 spiro atoms. The van der Waals surface area contributed by atoms with E-state index in [1.807, 2.05) is 0 Å². The zero-order chi connectivity index (χ0) is 9.89. The standard InChI is InChI=1S/C9H12O3/c1-5(6(2)10)9(7(3)11)8(4)12/h1-4H3. The normalized spacial score (nSPS) is 9.00. The van der Waals surface area contributed by atoms with Crippen molar-refractivity contribution in [3.05, 3.63) is 11.1 Å². The maximum absolute atomic E-state index is 10.9. The molecule has 0 amide bonds. The number of allylic oxidation sites excluding steroid dienone is 2. The Morgan fingerprint density at radius 2 is 1.00 bits per heavy atom.